The molecule has 1 saturated carbocycles. The van der Waals surface area contributed by atoms with Gasteiger partial charge in [0.15, 0.2) is 0 Å². The molecule has 0 nitrogen and oxygen atoms in total. The van der Waals surface area contributed by atoms with Crippen molar-refractivity contribution in [2.24, 2.45) is 11.8 Å². The molecule has 0 radical (unpaired) electrons. The van der Waals surface area contributed by atoms with E-state index in [-0.39, 0.29) is 22.1 Å². The first kappa shape index (κ1) is 20.5. The van der Waals surface area contributed by atoms with Gasteiger partial charge in [-0.1, -0.05) is 29.8 Å². The van der Waals surface area contributed by atoms with Crippen LogP contribution in [0.3, 0.4) is 0 Å². The van der Waals surface area contributed by atoms with Gasteiger partial charge < -0.3 is 0 Å². The molecule has 2 aromatic carbocycles. The zero-order valence-corrected chi connectivity index (χ0v) is 17.4. The third-order valence-electron chi connectivity index (χ3n) is 6.80. The lowest BCUT2D eigenvalue weighted by Crippen LogP contribution is -2.29. The van der Waals surface area contributed by atoms with Gasteiger partial charge in [-0.25, -0.2) is 13.2 Å². The number of fused-ring (bicyclic) bond motifs is 3. The summed E-state index contributed by atoms with van der Waals surface area (Å²) in [5.41, 5.74) is 1.50. The molecule has 154 valence electrons. The molecule has 4 rings (SSSR count). The Kier molecular flexibility index (Phi) is 6.06. The van der Waals surface area contributed by atoms with Gasteiger partial charge >= 0.3 is 0 Å². The molecular weight excluding hydrogens is 393 g/mol. The molecule has 0 saturated heterocycles. The molecule has 0 N–H and O–H groups in total. The van der Waals surface area contributed by atoms with Crippen molar-refractivity contribution in [3.05, 3.63) is 70.0 Å². The van der Waals surface area contributed by atoms with Gasteiger partial charge in [0.25, 0.3) is 0 Å². The molecule has 2 aliphatic rings. The summed E-state index contributed by atoms with van der Waals surface area (Å²) >= 11 is 5.72. The largest absolute Gasteiger partial charge is 0.206 e. The molecule has 0 heterocycles. The number of allylic oxidation sites excluding steroid dienone is 2. The zero-order valence-electron chi connectivity index (χ0n) is 16.7. The van der Waals surface area contributed by atoms with Gasteiger partial charge in [0, 0.05) is 0 Å². The fraction of sp³-hybridized carbons (Fsp3) is 0.440. The van der Waals surface area contributed by atoms with Crippen LogP contribution in [0, 0.1) is 29.3 Å². The van der Waals surface area contributed by atoms with E-state index in [1.165, 1.54) is 24.6 Å². The van der Waals surface area contributed by atoms with Crippen LogP contribution in [0.25, 0.3) is 11.1 Å². The Hall–Kier alpha value is -1.74. The van der Waals surface area contributed by atoms with E-state index >= 15 is 4.39 Å². The highest BCUT2D eigenvalue weighted by Gasteiger charge is 2.37. The van der Waals surface area contributed by atoms with E-state index in [0.29, 0.717) is 23.8 Å². The van der Waals surface area contributed by atoms with Crippen molar-refractivity contribution in [1.82, 2.24) is 0 Å². The van der Waals surface area contributed by atoms with Crippen LogP contribution < -0.4 is 0 Å². The average Bonchev–Trinajstić information content (AvgIpc) is 2.70. The number of hydrogen-bond donors (Lipinski definition) is 0. The summed E-state index contributed by atoms with van der Waals surface area (Å²) in [5, 5.41) is -0.0541. The lowest BCUT2D eigenvalue weighted by atomic mass is 9.64. The minimum absolute atomic E-state index is 0.0541. The van der Waals surface area contributed by atoms with Crippen LogP contribution in [-0.2, 0) is 6.42 Å². The monoisotopic (exact) mass is 418 g/mol. The van der Waals surface area contributed by atoms with E-state index in [1.807, 2.05) is 6.92 Å². The smallest absolute Gasteiger partial charge is 0.142 e. The van der Waals surface area contributed by atoms with Crippen LogP contribution in [0.4, 0.5) is 13.2 Å². The highest BCUT2D eigenvalue weighted by Crippen LogP contribution is 2.49. The molecule has 0 bridgehead atoms. The Morgan fingerprint density at radius 3 is 2.66 bits per heavy atom. The summed E-state index contributed by atoms with van der Waals surface area (Å²) in [7, 11) is 0. The van der Waals surface area contributed by atoms with Crippen LogP contribution in [0.15, 0.2) is 36.4 Å². The third kappa shape index (κ3) is 3.99. The van der Waals surface area contributed by atoms with Gasteiger partial charge in [0.1, 0.15) is 17.5 Å². The van der Waals surface area contributed by atoms with Gasteiger partial charge in [-0.05, 0) is 105 Å². The molecule has 2 aromatic rings. The number of rotatable bonds is 4. The second-order valence-electron chi connectivity index (χ2n) is 8.47. The third-order valence-corrected chi connectivity index (χ3v) is 7.10. The Balaban J connectivity index is 1.63. The van der Waals surface area contributed by atoms with Crippen LogP contribution >= 0.6 is 11.6 Å². The molecule has 0 aromatic heterocycles. The van der Waals surface area contributed by atoms with Gasteiger partial charge in [-0.2, -0.15) is 0 Å². The second-order valence-corrected chi connectivity index (χ2v) is 8.88. The maximum absolute atomic E-state index is 15.4. The summed E-state index contributed by atoms with van der Waals surface area (Å²) in [5.74, 6) is -0.368. The SMILES string of the molecule is C/C=C/CC[C@@H]1CC[C@@H]2c3cc(F)c(-c4ccc(Cl)c(F)c4)c(F)c3CC[C@@H]2C1. The van der Waals surface area contributed by atoms with Crippen molar-refractivity contribution in [2.45, 2.75) is 57.8 Å². The van der Waals surface area contributed by atoms with Crippen LogP contribution in [-0.4, -0.2) is 0 Å². The summed E-state index contributed by atoms with van der Waals surface area (Å²) < 4.78 is 44.2. The predicted molar refractivity (Wildman–Crippen MR) is 113 cm³/mol. The van der Waals surface area contributed by atoms with Crippen molar-refractivity contribution in [2.75, 3.05) is 0 Å². The van der Waals surface area contributed by atoms with Crippen molar-refractivity contribution in [3.63, 3.8) is 0 Å². The number of hydrogen-bond acceptors (Lipinski definition) is 0. The topological polar surface area (TPSA) is 0 Å². The Morgan fingerprint density at radius 1 is 1.07 bits per heavy atom. The van der Waals surface area contributed by atoms with Gasteiger partial charge in [0.05, 0.1) is 10.6 Å². The fourth-order valence-electron chi connectivity index (χ4n) is 5.36. The second kappa shape index (κ2) is 8.55. The molecule has 4 heteroatoms. The predicted octanol–water partition coefficient (Wildman–Crippen LogP) is 8.23. The minimum Gasteiger partial charge on any atom is -0.206 e. The maximum atomic E-state index is 15.4. The van der Waals surface area contributed by atoms with Crippen LogP contribution in [0.5, 0.6) is 0 Å². The quantitative estimate of drug-likeness (QED) is 0.438. The highest BCUT2D eigenvalue weighted by atomic mass is 35.5. The fourth-order valence-corrected chi connectivity index (χ4v) is 5.48. The van der Waals surface area contributed by atoms with E-state index in [9.17, 15) is 8.78 Å². The summed E-state index contributed by atoms with van der Waals surface area (Å²) in [6, 6.07) is 5.44. The Labute approximate surface area is 175 Å². The lowest BCUT2D eigenvalue weighted by Gasteiger charge is -2.41. The summed E-state index contributed by atoms with van der Waals surface area (Å²) in [4.78, 5) is 0. The van der Waals surface area contributed by atoms with E-state index in [0.717, 1.165) is 43.7 Å². The first-order chi connectivity index (χ1) is 14.0. The molecule has 0 spiro atoms. The van der Waals surface area contributed by atoms with Crippen LogP contribution in [0.2, 0.25) is 5.02 Å². The van der Waals surface area contributed by atoms with Gasteiger partial charge in [-0.3, -0.25) is 0 Å². The van der Waals surface area contributed by atoms with Crippen molar-refractivity contribution >= 4 is 11.6 Å². The van der Waals surface area contributed by atoms with E-state index in [2.05, 4.69) is 12.2 Å². The first-order valence-corrected chi connectivity index (χ1v) is 10.9. The molecule has 0 aliphatic heterocycles. The molecule has 0 amide bonds. The van der Waals surface area contributed by atoms with Gasteiger partial charge in [-0.15, -0.1) is 0 Å². The Morgan fingerprint density at radius 2 is 1.90 bits per heavy atom. The van der Waals surface area contributed by atoms with Crippen molar-refractivity contribution in [3.8, 4) is 11.1 Å². The molecule has 1 fully saturated rings. The highest BCUT2D eigenvalue weighted by molar-refractivity contribution is 6.30. The van der Waals surface area contributed by atoms with E-state index < -0.39 is 17.5 Å². The molecule has 29 heavy (non-hydrogen) atoms. The van der Waals surface area contributed by atoms with Crippen LogP contribution in [0.1, 0.15) is 62.5 Å². The number of benzene rings is 2. The molecular formula is C25H26ClF3. The van der Waals surface area contributed by atoms with Crippen molar-refractivity contribution < 1.29 is 13.2 Å². The Bertz CT molecular complexity index is 934. The molecule has 0 unspecified atom stereocenters. The van der Waals surface area contributed by atoms with E-state index in [4.69, 9.17) is 11.6 Å². The van der Waals surface area contributed by atoms with Crippen molar-refractivity contribution in [1.29, 1.82) is 0 Å². The zero-order chi connectivity index (χ0) is 20.5. The number of halogens is 4. The normalized spacial score (nSPS) is 23.8. The first-order valence-electron chi connectivity index (χ1n) is 10.6. The van der Waals surface area contributed by atoms with E-state index in [1.54, 1.807) is 0 Å². The minimum atomic E-state index is -0.669. The summed E-state index contributed by atoms with van der Waals surface area (Å²) in [6.45, 7) is 2.05. The molecule has 2 aliphatic carbocycles. The molecule has 3 atom stereocenters. The standard InChI is InChI=1S/C25H26ClF3/c1-2-3-4-5-15-6-9-18-16(12-15)7-10-19-20(18)14-23(28)24(25(19)29)17-8-11-21(26)22(27)13-17/h2-3,8,11,13-16,18H,4-7,9-10,12H2,1H3/b3-2+/t15-,16-,18+/m1/s1. The lowest BCUT2D eigenvalue weighted by molar-refractivity contribution is 0.201. The summed E-state index contributed by atoms with van der Waals surface area (Å²) in [6.07, 6.45) is 11.4. The average molecular weight is 419 g/mol. The van der Waals surface area contributed by atoms with Gasteiger partial charge in [0.2, 0.25) is 0 Å². The maximum Gasteiger partial charge on any atom is 0.142 e.